The highest BCUT2D eigenvalue weighted by Gasteiger charge is 2.12. The first-order chi connectivity index (χ1) is 11.4. The largest absolute Gasteiger partial charge is 0.496 e. The number of anilines is 1. The van der Waals surface area contributed by atoms with Crippen molar-refractivity contribution in [3.63, 3.8) is 0 Å². The molecule has 1 N–H and O–H groups in total. The molecule has 0 heterocycles. The number of carbonyl (C=O) groups is 1. The van der Waals surface area contributed by atoms with E-state index in [4.69, 9.17) is 27.9 Å². The van der Waals surface area contributed by atoms with Gasteiger partial charge in [-0.25, -0.2) is 0 Å². The smallest absolute Gasteiger partial charge is 0.266 e. The highest BCUT2D eigenvalue weighted by atomic mass is 35.5. The second kappa shape index (κ2) is 7.87. The number of methoxy groups -OCH3 is 1. The predicted octanol–water partition coefficient (Wildman–Crippen LogP) is 4.86. The molecule has 4 nitrogen and oxygen atoms in total. The SMILES string of the molecule is COc1ccc(Cl)cc1/C=C(\C#N)C(=O)Nc1ccc(C)c(Cl)c1. The lowest BCUT2D eigenvalue weighted by Crippen LogP contribution is -2.13. The Labute approximate surface area is 150 Å². The zero-order valence-electron chi connectivity index (χ0n) is 13.1. The van der Waals surface area contributed by atoms with Gasteiger partial charge in [0.15, 0.2) is 0 Å². The summed E-state index contributed by atoms with van der Waals surface area (Å²) in [7, 11) is 1.50. The molecule has 0 aromatic heterocycles. The number of ether oxygens (including phenoxy) is 1. The lowest BCUT2D eigenvalue weighted by atomic mass is 10.1. The summed E-state index contributed by atoms with van der Waals surface area (Å²) in [6.07, 6.45) is 1.43. The molecule has 0 saturated carbocycles. The van der Waals surface area contributed by atoms with Gasteiger partial charge in [0.2, 0.25) is 0 Å². The fraction of sp³-hybridized carbons (Fsp3) is 0.111. The third-order valence-corrected chi connectivity index (χ3v) is 3.93. The predicted molar refractivity (Wildman–Crippen MR) is 96.4 cm³/mol. The van der Waals surface area contributed by atoms with E-state index in [1.165, 1.54) is 13.2 Å². The summed E-state index contributed by atoms with van der Waals surface area (Å²) in [4.78, 5) is 12.3. The number of amides is 1. The van der Waals surface area contributed by atoms with Crippen LogP contribution in [0.4, 0.5) is 5.69 Å². The minimum atomic E-state index is -0.542. The van der Waals surface area contributed by atoms with Gasteiger partial charge >= 0.3 is 0 Å². The van der Waals surface area contributed by atoms with Gasteiger partial charge in [0.25, 0.3) is 5.91 Å². The molecule has 6 heteroatoms. The van der Waals surface area contributed by atoms with Gasteiger partial charge in [-0.3, -0.25) is 4.79 Å². The van der Waals surface area contributed by atoms with Gasteiger partial charge in [-0.15, -0.1) is 0 Å². The van der Waals surface area contributed by atoms with Gasteiger partial charge < -0.3 is 10.1 Å². The van der Waals surface area contributed by atoms with E-state index in [9.17, 15) is 10.1 Å². The normalized spacial score (nSPS) is 10.9. The highest BCUT2D eigenvalue weighted by molar-refractivity contribution is 6.31. The summed E-state index contributed by atoms with van der Waals surface area (Å²) in [5, 5.41) is 12.9. The Kier molecular flexibility index (Phi) is 5.86. The zero-order valence-corrected chi connectivity index (χ0v) is 14.6. The van der Waals surface area contributed by atoms with Crippen molar-refractivity contribution in [1.82, 2.24) is 0 Å². The first kappa shape index (κ1) is 17.9. The molecule has 0 radical (unpaired) electrons. The third-order valence-electron chi connectivity index (χ3n) is 3.29. The molecular weight excluding hydrogens is 347 g/mol. The van der Waals surface area contributed by atoms with Gasteiger partial charge in [-0.2, -0.15) is 5.26 Å². The molecule has 2 rings (SSSR count). The number of halogens is 2. The third kappa shape index (κ3) is 4.29. The molecule has 1 amide bonds. The summed E-state index contributed by atoms with van der Waals surface area (Å²) in [6.45, 7) is 1.86. The molecule has 0 aliphatic rings. The molecule has 0 unspecified atom stereocenters. The monoisotopic (exact) mass is 360 g/mol. The Bertz CT molecular complexity index is 855. The standard InChI is InChI=1S/C18H14Cl2N2O2/c1-11-3-5-15(9-16(11)20)22-18(23)13(10-21)7-12-8-14(19)4-6-17(12)24-2/h3-9H,1-2H3,(H,22,23)/b13-7+. The molecule has 0 saturated heterocycles. The highest BCUT2D eigenvalue weighted by Crippen LogP contribution is 2.25. The van der Waals surface area contributed by atoms with Crippen molar-refractivity contribution in [2.45, 2.75) is 6.92 Å². The van der Waals surface area contributed by atoms with Gasteiger partial charge in [0, 0.05) is 21.3 Å². The fourth-order valence-electron chi connectivity index (χ4n) is 1.99. The molecule has 0 aliphatic carbocycles. The second-order valence-electron chi connectivity index (χ2n) is 4.97. The summed E-state index contributed by atoms with van der Waals surface area (Å²) in [5.74, 6) is -0.0298. The molecule has 0 fully saturated rings. The van der Waals surface area contributed by atoms with Crippen molar-refractivity contribution >= 4 is 40.9 Å². The van der Waals surface area contributed by atoms with Crippen molar-refractivity contribution in [2.24, 2.45) is 0 Å². The maximum atomic E-state index is 12.3. The minimum absolute atomic E-state index is 0.0766. The van der Waals surface area contributed by atoms with Crippen molar-refractivity contribution in [3.05, 3.63) is 63.1 Å². The average Bonchev–Trinajstić information content (AvgIpc) is 2.56. The van der Waals surface area contributed by atoms with E-state index >= 15 is 0 Å². The van der Waals surface area contributed by atoms with E-state index in [1.807, 2.05) is 13.0 Å². The number of hydrogen-bond donors (Lipinski definition) is 1. The molecule has 2 aromatic rings. The van der Waals surface area contributed by atoms with Gasteiger partial charge in [-0.05, 0) is 48.9 Å². The lowest BCUT2D eigenvalue weighted by Gasteiger charge is -2.08. The number of benzene rings is 2. The van der Waals surface area contributed by atoms with Crippen molar-refractivity contribution in [3.8, 4) is 11.8 Å². The van der Waals surface area contributed by atoms with Crippen molar-refractivity contribution in [1.29, 1.82) is 5.26 Å². The average molecular weight is 361 g/mol. The molecule has 0 aliphatic heterocycles. The first-order valence-corrected chi connectivity index (χ1v) is 7.73. The summed E-state index contributed by atoms with van der Waals surface area (Å²) in [5.41, 5.74) is 1.87. The molecule has 0 spiro atoms. The van der Waals surface area contributed by atoms with E-state index in [2.05, 4.69) is 5.32 Å². The number of nitrogens with zero attached hydrogens (tertiary/aromatic N) is 1. The Hall–Kier alpha value is -2.48. The summed E-state index contributed by atoms with van der Waals surface area (Å²) in [6, 6.07) is 12.0. The Morgan fingerprint density at radius 3 is 2.62 bits per heavy atom. The van der Waals surface area contributed by atoms with Crippen LogP contribution in [-0.4, -0.2) is 13.0 Å². The number of nitrogens with one attached hydrogen (secondary N) is 1. The van der Waals surface area contributed by atoms with Crippen molar-refractivity contribution < 1.29 is 9.53 Å². The van der Waals surface area contributed by atoms with Crippen LogP contribution in [0.1, 0.15) is 11.1 Å². The number of nitriles is 1. The quantitative estimate of drug-likeness (QED) is 0.625. The maximum absolute atomic E-state index is 12.3. The molecule has 2 aromatic carbocycles. The molecule has 24 heavy (non-hydrogen) atoms. The molecule has 122 valence electrons. The number of rotatable bonds is 4. The molecular formula is C18H14Cl2N2O2. The maximum Gasteiger partial charge on any atom is 0.266 e. The van der Waals surface area contributed by atoms with Crippen LogP contribution in [0.25, 0.3) is 6.08 Å². The van der Waals surface area contributed by atoms with E-state index in [0.717, 1.165) is 5.56 Å². The Morgan fingerprint density at radius 1 is 1.25 bits per heavy atom. The topological polar surface area (TPSA) is 62.1 Å². The Balaban J connectivity index is 2.30. The first-order valence-electron chi connectivity index (χ1n) is 6.97. The zero-order chi connectivity index (χ0) is 17.7. The van der Waals surface area contributed by atoms with Crippen molar-refractivity contribution in [2.75, 3.05) is 12.4 Å². The summed E-state index contributed by atoms with van der Waals surface area (Å²) >= 11 is 12.0. The van der Waals surface area contributed by atoms with Crippen LogP contribution in [0, 0.1) is 18.3 Å². The van der Waals surface area contributed by atoms with Crippen LogP contribution in [0.5, 0.6) is 5.75 Å². The van der Waals surface area contributed by atoms with Crippen LogP contribution >= 0.6 is 23.2 Å². The fourth-order valence-corrected chi connectivity index (χ4v) is 2.35. The van der Waals surface area contributed by atoms with Gasteiger partial charge in [-0.1, -0.05) is 29.3 Å². The number of aryl methyl sites for hydroxylation is 1. The summed E-state index contributed by atoms with van der Waals surface area (Å²) < 4.78 is 5.21. The van der Waals surface area contributed by atoms with Crippen LogP contribution in [0.15, 0.2) is 42.0 Å². The van der Waals surface area contributed by atoms with Crippen LogP contribution in [0.3, 0.4) is 0 Å². The van der Waals surface area contributed by atoms with Gasteiger partial charge in [0.1, 0.15) is 17.4 Å². The van der Waals surface area contributed by atoms with E-state index in [1.54, 1.807) is 36.4 Å². The van der Waals surface area contributed by atoms with E-state index < -0.39 is 5.91 Å². The van der Waals surface area contributed by atoms with Gasteiger partial charge in [0.05, 0.1) is 7.11 Å². The second-order valence-corrected chi connectivity index (χ2v) is 5.82. The number of carbonyl (C=O) groups excluding carboxylic acids is 1. The molecule has 0 atom stereocenters. The van der Waals surface area contributed by atoms with Crippen LogP contribution in [-0.2, 0) is 4.79 Å². The minimum Gasteiger partial charge on any atom is -0.496 e. The van der Waals surface area contributed by atoms with Crippen LogP contribution in [0.2, 0.25) is 10.0 Å². The van der Waals surface area contributed by atoms with E-state index in [-0.39, 0.29) is 5.57 Å². The molecule has 0 bridgehead atoms. The van der Waals surface area contributed by atoms with Crippen LogP contribution < -0.4 is 10.1 Å². The Morgan fingerprint density at radius 2 is 2.00 bits per heavy atom. The lowest BCUT2D eigenvalue weighted by molar-refractivity contribution is -0.112. The number of hydrogen-bond acceptors (Lipinski definition) is 3. The van der Waals surface area contributed by atoms with E-state index in [0.29, 0.717) is 27.0 Å².